The minimum atomic E-state index is -0.552. The van der Waals surface area contributed by atoms with E-state index in [0.29, 0.717) is 17.9 Å². The highest BCUT2D eigenvalue weighted by Crippen LogP contribution is 2.22. The number of nitrogens with zero attached hydrogens (tertiary/aromatic N) is 1. The fraction of sp³-hybridized carbons (Fsp3) is 0.350. The standard InChI is InChI=1S/C20H21NO5/c1-13-5-6-14(2)17(8-13)18(22)12-26-20(24)15-9-19(23)21(10-15)11-16-4-3-7-25-16/h3-8,15H,9-12H2,1-2H3/t15-/m0/s1. The summed E-state index contributed by atoms with van der Waals surface area (Å²) in [6.45, 7) is 4.04. The lowest BCUT2D eigenvalue weighted by Gasteiger charge is -2.14. The van der Waals surface area contributed by atoms with Crippen LogP contribution >= 0.6 is 0 Å². The van der Waals surface area contributed by atoms with Crippen molar-refractivity contribution in [1.82, 2.24) is 4.90 Å². The Balaban J connectivity index is 1.54. The number of esters is 1. The number of hydrogen-bond donors (Lipinski definition) is 0. The largest absolute Gasteiger partial charge is 0.467 e. The maximum absolute atomic E-state index is 12.3. The van der Waals surface area contributed by atoms with Gasteiger partial charge in [-0.05, 0) is 37.6 Å². The van der Waals surface area contributed by atoms with E-state index in [1.165, 1.54) is 0 Å². The number of Topliss-reactive ketones (excluding diaryl/α,β-unsaturated/α-hetero) is 1. The van der Waals surface area contributed by atoms with E-state index in [1.807, 2.05) is 26.0 Å². The predicted octanol–water partition coefficient (Wildman–Crippen LogP) is 2.67. The second-order valence-electron chi connectivity index (χ2n) is 6.60. The van der Waals surface area contributed by atoms with Crippen LogP contribution in [-0.4, -0.2) is 35.7 Å². The van der Waals surface area contributed by atoms with E-state index in [9.17, 15) is 14.4 Å². The van der Waals surface area contributed by atoms with Crippen LogP contribution in [0.15, 0.2) is 41.0 Å². The van der Waals surface area contributed by atoms with Gasteiger partial charge < -0.3 is 14.1 Å². The van der Waals surface area contributed by atoms with Gasteiger partial charge in [-0.25, -0.2) is 0 Å². The predicted molar refractivity (Wildman–Crippen MR) is 93.4 cm³/mol. The molecule has 1 atom stereocenters. The summed E-state index contributed by atoms with van der Waals surface area (Å²) < 4.78 is 10.4. The fourth-order valence-electron chi connectivity index (χ4n) is 3.04. The first-order valence-corrected chi connectivity index (χ1v) is 8.51. The summed E-state index contributed by atoms with van der Waals surface area (Å²) >= 11 is 0. The Bertz CT molecular complexity index is 825. The molecule has 0 bridgehead atoms. The third kappa shape index (κ3) is 4.02. The van der Waals surface area contributed by atoms with E-state index in [4.69, 9.17) is 9.15 Å². The summed E-state index contributed by atoms with van der Waals surface area (Å²) in [5.74, 6) is -0.763. The van der Waals surface area contributed by atoms with E-state index in [-0.39, 0.29) is 31.3 Å². The van der Waals surface area contributed by atoms with E-state index in [0.717, 1.165) is 11.1 Å². The smallest absolute Gasteiger partial charge is 0.311 e. The molecule has 0 unspecified atom stereocenters. The molecule has 0 spiro atoms. The van der Waals surface area contributed by atoms with Crippen LogP contribution in [0.4, 0.5) is 0 Å². The third-order valence-electron chi connectivity index (χ3n) is 4.51. The summed E-state index contributed by atoms with van der Waals surface area (Å²) in [4.78, 5) is 38.2. The van der Waals surface area contributed by atoms with Gasteiger partial charge in [-0.15, -0.1) is 0 Å². The van der Waals surface area contributed by atoms with Crippen molar-refractivity contribution in [2.24, 2.45) is 5.92 Å². The second kappa shape index (κ2) is 7.56. The van der Waals surface area contributed by atoms with Crippen molar-refractivity contribution >= 4 is 17.7 Å². The Hall–Kier alpha value is -2.89. The highest BCUT2D eigenvalue weighted by molar-refractivity contribution is 5.99. The van der Waals surface area contributed by atoms with Gasteiger partial charge in [-0.3, -0.25) is 14.4 Å². The Kier molecular flexibility index (Phi) is 5.21. The van der Waals surface area contributed by atoms with E-state index in [1.54, 1.807) is 29.4 Å². The number of carbonyl (C=O) groups is 3. The van der Waals surface area contributed by atoms with Crippen LogP contribution < -0.4 is 0 Å². The van der Waals surface area contributed by atoms with E-state index < -0.39 is 11.9 Å². The quantitative estimate of drug-likeness (QED) is 0.588. The van der Waals surface area contributed by atoms with Crippen LogP contribution in [0, 0.1) is 19.8 Å². The van der Waals surface area contributed by atoms with Gasteiger partial charge in [0, 0.05) is 18.5 Å². The normalized spacial score (nSPS) is 16.8. The molecule has 1 aromatic heterocycles. The molecule has 6 nitrogen and oxygen atoms in total. The molecule has 0 saturated carbocycles. The van der Waals surface area contributed by atoms with Crippen molar-refractivity contribution in [2.45, 2.75) is 26.8 Å². The summed E-state index contributed by atoms with van der Waals surface area (Å²) in [6, 6.07) is 9.11. The van der Waals surface area contributed by atoms with Crippen molar-refractivity contribution in [3.63, 3.8) is 0 Å². The van der Waals surface area contributed by atoms with Crippen LogP contribution in [0.3, 0.4) is 0 Å². The van der Waals surface area contributed by atoms with Crippen LogP contribution in [0.2, 0.25) is 0 Å². The van der Waals surface area contributed by atoms with E-state index >= 15 is 0 Å². The first kappa shape index (κ1) is 17.9. The molecule has 2 aromatic rings. The minimum Gasteiger partial charge on any atom is -0.467 e. The lowest BCUT2D eigenvalue weighted by Crippen LogP contribution is -2.27. The van der Waals surface area contributed by atoms with Gasteiger partial charge in [0.15, 0.2) is 6.61 Å². The first-order valence-electron chi connectivity index (χ1n) is 8.51. The van der Waals surface area contributed by atoms with Crippen molar-refractivity contribution in [3.8, 4) is 0 Å². The molecule has 0 N–H and O–H groups in total. The number of ether oxygens (including phenoxy) is 1. The summed E-state index contributed by atoms with van der Waals surface area (Å²) in [7, 11) is 0. The molecule has 1 saturated heterocycles. The summed E-state index contributed by atoms with van der Waals surface area (Å²) in [6.07, 6.45) is 1.64. The number of carbonyl (C=O) groups excluding carboxylic acids is 3. The van der Waals surface area contributed by atoms with Gasteiger partial charge in [0.05, 0.1) is 18.7 Å². The van der Waals surface area contributed by atoms with Gasteiger partial charge in [0.1, 0.15) is 5.76 Å². The molecule has 26 heavy (non-hydrogen) atoms. The number of aryl methyl sites for hydroxylation is 2. The molecule has 6 heteroatoms. The van der Waals surface area contributed by atoms with Crippen LogP contribution in [-0.2, 0) is 20.9 Å². The SMILES string of the molecule is Cc1ccc(C)c(C(=O)COC(=O)[C@H]2CC(=O)N(Cc3ccco3)C2)c1. The molecule has 3 rings (SSSR count). The molecular formula is C20H21NO5. The van der Waals surface area contributed by atoms with Crippen molar-refractivity contribution < 1.29 is 23.5 Å². The molecule has 2 heterocycles. The molecule has 1 amide bonds. The summed E-state index contributed by atoms with van der Waals surface area (Å²) in [5, 5.41) is 0. The number of ketones is 1. The van der Waals surface area contributed by atoms with Crippen molar-refractivity contribution in [3.05, 3.63) is 59.0 Å². The third-order valence-corrected chi connectivity index (χ3v) is 4.51. The number of benzene rings is 1. The highest BCUT2D eigenvalue weighted by Gasteiger charge is 2.36. The Morgan fingerprint density at radius 1 is 1.27 bits per heavy atom. The molecule has 1 aliphatic rings. The Morgan fingerprint density at radius 2 is 2.08 bits per heavy atom. The molecule has 1 fully saturated rings. The van der Waals surface area contributed by atoms with Crippen molar-refractivity contribution in [1.29, 1.82) is 0 Å². The number of likely N-dealkylation sites (tertiary alicyclic amines) is 1. The fourth-order valence-corrected chi connectivity index (χ4v) is 3.04. The average molecular weight is 355 g/mol. The highest BCUT2D eigenvalue weighted by atomic mass is 16.5. The maximum atomic E-state index is 12.3. The molecule has 1 aliphatic heterocycles. The van der Waals surface area contributed by atoms with Crippen LogP contribution in [0.5, 0.6) is 0 Å². The van der Waals surface area contributed by atoms with Crippen LogP contribution in [0.1, 0.15) is 33.7 Å². The molecule has 136 valence electrons. The van der Waals surface area contributed by atoms with Crippen molar-refractivity contribution in [2.75, 3.05) is 13.2 Å². The number of rotatable bonds is 6. The van der Waals surface area contributed by atoms with Gasteiger partial charge in [-0.1, -0.05) is 17.7 Å². The molecule has 1 aromatic carbocycles. The van der Waals surface area contributed by atoms with E-state index in [2.05, 4.69) is 0 Å². The van der Waals surface area contributed by atoms with Gasteiger partial charge in [-0.2, -0.15) is 0 Å². The number of amides is 1. The van der Waals surface area contributed by atoms with Gasteiger partial charge in [0.25, 0.3) is 0 Å². The molecule has 0 aliphatic carbocycles. The zero-order valence-corrected chi connectivity index (χ0v) is 14.9. The van der Waals surface area contributed by atoms with Gasteiger partial charge >= 0.3 is 5.97 Å². The molecule has 0 radical (unpaired) electrons. The number of hydrogen-bond acceptors (Lipinski definition) is 5. The monoisotopic (exact) mass is 355 g/mol. The minimum absolute atomic E-state index is 0.0944. The van der Waals surface area contributed by atoms with Crippen LogP contribution in [0.25, 0.3) is 0 Å². The number of furan rings is 1. The first-order chi connectivity index (χ1) is 12.4. The zero-order valence-electron chi connectivity index (χ0n) is 14.9. The molecular weight excluding hydrogens is 334 g/mol. The Morgan fingerprint density at radius 3 is 2.81 bits per heavy atom. The summed E-state index contributed by atoms with van der Waals surface area (Å²) in [5.41, 5.74) is 2.37. The Labute approximate surface area is 151 Å². The average Bonchev–Trinajstić information content (AvgIpc) is 3.25. The zero-order chi connectivity index (χ0) is 18.7. The topological polar surface area (TPSA) is 76.8 Å². The maximum Gasteiger partial charge on any atom is 0.311 e. The van der Waals surface area contributed by atoms with Gasteiger partial charge in [0.2, 0.25) is 11.7 Å². The second-order valence-corrected chi connectivity index (χ2v) is 6.60. The lowest BCUT2D eigenvalue weighted by atomic mass is 10.0. The lowest BCUT2D eigenvalue weighted by molar-refractivity contribution is -0.147.